The average molecular weight is 392 g/mol. The summed E-state index contributed by atoms with van der Waals surface area (Å²) in [4.78, 5) is 0.227. The highest BCUT2D eigenvalue weighted by atomic mass is 32.2. The molecule has 0 aliphatic heterocycles. The van der Waals surface area contributed by atoms with Crippen LogP contribution in [0.15, 0.2) is 64.6 Å². The molecule has 9 heteroatoms. The van der Waals surface area contributed by atoms with Gasteiger partial charge >= 0.3 is 0 Å². The summed E-state index contributed by atoms with van der Waals surface area (Å²) in [5.74, 6) is 0.528. The van der Waals surface area contributed by atoms with Gasteiger partial charge in [0, 0.05) is 19.3 Å². The molecule has 1 heterocycles. The number of halogens is 1. The monoisotopic (exact) mass is 392 g/mol. The van der Waals surface area contributed by atoms with E-state index in [0.29, 0.717) is 22.3 Å². The van der Waals surface area contributed by atoms with E-state index in [9.17, 15) is 12.8 Å². The standard InChI is InChI=1S/C17H17FN4O2S2/c1-22-16(14-9-5-6-10-15(14)18)20-21-17(22)25-12-11-19-26(23,24)13-7-3-2-4-8-13/h2-10,19H,11-12H2,1H3. The molecule has 0 spiro atoms. The highest BCUT2D eigenvalue weighted by molar-refractivity contribution is 7.99. The zero-order valence-corrected chi connectivity index (χ0v) is 15.6. The fourth-order valence-corrected chi connectivity index (χ4v) is 4.27. The van der Waals surface area contributed by atoms with Crippen molar-refractivity contribution in [1.82, 2.24) is 19.5 Å². The van der Waals surface area contributed by atoms with Crippen molar-refractivity contribution in [2.75, 3.05) is 12.3 Å². The lowest BCUT2D eigenvalue weighted by Crippen LogP contribution is -2.26. The zero-order chi connectivity index (χ0) is 18.6. The molecule has 0 saturated carbocycles. The molecule has 0 aliphatic rings. The molecule has 26 heavy (non-hydrogen) atoms. The highest BCUT2D eigenvalue weighted by Crippen LogP contribution is 2.24. The molecular formula is C17H17FN4O2S2. The van der Waals surface area contributed by atoms with Crippen LogP contribution in [0.4, 0.5) is 4.39 Å². The number of rotatable bonds is 7. The van der Waals surface area contributed by atoms with Crippen molar-refractivity contribution in [1.29, 1.82) is 0 Å². The van der Waals surface area contributed by atoms with Gasteiger partial charge in [0.25, 0.3) is 0 Å². The molecule has 3 aromatic rings. The van der Waals surface area contributed by atoms with Crippen molar-refractivity contribution in [3.8, 4) is 11.4 Å². The van der Waals surface area contributed by atoms with Gasteiger partial charge in [-0.1, -0.05) is 42.1 Å². The first kappa shape index (κ1) is 18.6. The van der Waals surface area contributed by atoms with Crippen molar-refractivity contribution in [3.05, 3.63) is 60.4 Å². The molecule has 6 nitrogen and oxygen atoms in total. The molecule has 0 unspecified atom stereocenters. The van der Waals surface area contributed by atoms with E-state index in [1.807, 2.05) is 0 Å². The minimum Gasteiger partial charge on any atom is -0.305 e. The molecule has 136 valence electrons. The van der Waals surface area contributed by atoms with Crippen molar-refractivity contribution < 1.29 is 12.8 Å². The van der Waals surface area contributed by atoms with E-state index in [-0.39, 0.29) is 17.3 Å². The summed E-state index contributed by atoms with van der Waals surface area (Å²) >= 11 is 1.34. The number of nitrogens with zero attached hydrogens (tertiary/aromatic N) is 3. The number of sulfonamides is 1. The van der Waals surface area contributed by atoms with Gasteiger partial charge < -0.3 is 4.57 Å². The molecule has 1 N–H and O–H groups in total. The number of hydrogen-bond donors (Lipinski definition) is 1. The summed E-state index contributed by atoms with van der Waals surface area (Å²) in [5.41, 5.74) is 0.374. The fourth-order valence-electron chi connectivity index (χ4n) is 2.32. The first-order valence-electron chi connectivity index (χ1n) is 7.81. The van der Waals surface area contributed by atoms with E-state index in [2.05, 4.69) is 14.9 Å². The highest BCUT2D eigenvalue weighted by Gasteiger charge is 2.15. The minimum atomic E-state index is -3.52. The van der Waals surface area contributed by atoms with Crippen LogP contribution < -0.4 is 4.72 Å². The quantitative estimate of drug-likeness (QED) is 0.494. The van der Waals surface area contributed by atoms with Crippen LogP contribution in [0, 0.1) is 5.82 Å². The number of thioether (sulfide) groups is 1. The molecule has 1 aromatic heterocycles. The summed E-state index contributed by atoms with van der Waals surface area (Å²) in [5, 5.41) is 8.68. The number of nitrogens with one attached hydrogen (secondary N) is 1. The van der Waals surface area contributed by atoms with Crippen molar-refractivity contribution >= 4 is 21.8 Å². The topological polar surface area (TPSA) is 76.9 Å². The van der Waals surface area contributed by atoms with Gasteiger partial charge in [0.2, 0.25) is 10.0 Å². The lowest BCUT2D eigenvalue weighted by atomic mass is 10.2. The smallest absolute Gasteiger partial charge is 0.240 e. The van der Waals surface area contributed by atoms with Crippen LogP contribution in [0.5, 0.6) is 0 Å². The summed E-state index contributed by atoms with van der Waals surface area (Å²) in [6.45, 7) is 0.240. The minimum absolute atomic E-state index is 0.227. The maximum atomic E-state index is 13.9. The van der Waals surface area contributed by atoms with Crippen LogP contribution in [0.2, 0.25) is 0 Å². The van der Waals surface area contributed by atoms with Crippen LogP contribution >= 0.6 is 11.8 Å². The summed E-state index contributed by atoms with van der Waals surface area (Å²) < 4.78 is 42.4. The van der Waals surface area contributed by atoms with Gasteiger partial charge in [0.05, 0.1) is 10.5 Å². The van der Waals surface area contributed by atoms with Gasteiger partial charge in [-0.15, -0.1) is 10.2 Å². The molecule has 0 aliphatic carbocycles. The van der Waals surface area contributed by atoms with Gasteiger partial charge in [-0.25, -0.2) is 17.5 Å². The Hall–Kier alpha value is -2.23. The maximum Gasteiger partial charge on any atom is 0.240 e. The average Bonchev–Trinajstić information content (AvgIpc) is 3.00. The maximum absolute atomic E-state index is 13.9. The van der Waals surface area contributed by atoms with Crippen molar-refractivity contribution in [2.24, 2.45) is 7.05 Å². The van der Waals surface area contributed by atoms with E-state index in [1.165, 1.54) is 17.8 Å². The summed E-state index contributed by atoms with van der Waals surface area (Å²) in [6, 6.07) is 14.5. The molecule has 0 fully saturated rings. The summed E-state index contributed by atoms with van der Waals surface area (Å²) in [6.07, 6.45) is 0. The second-order valence-electron chi connectivity index (χ2n) is 5.40. The first-order valence-corrected chi connectivity index (χ1v) is 10.3. The fraction of sp³-hybridized carbons (Fsp3) is 0.176. The van der Waals surface area contributed by atoms with Crippen LogP contribution in [0.1, 0.15) is 0 Å². The van der Waals surface area contributed by atoms with Crippen LogP contribution in [0.25, 0.3) is 11.4 Å². The van der Waals surface area contributed by atoms with E-state index in [1.54, 1.807) is 60.1 Å². The predicted octanol–water partition coefficient (Wildman–Crippen LogP) is 2.69. The lowest BCUT2D eigenvalue weighted by molar-refractivity contribution is 0.584. The third-order valence-electron chi connectivity index (χ3n) is 3.63. The molecule has 0 amide bonds. The molecule has 3 rings (SSSR count). The Bertz CT molecular complexity index is 991. The molecule has 0 radical (unpaired) electrons. The SMILES string of the molecule is Cn1c(SCCNS(=O)(=O)c2ccccc2)nnc1-c1ccccc1F. The van der Waals surface area contributed by atoms with Gasteiger partial charge in [0.15, 0.2) is 11.0 Å². The Morgan fingerprint density at radius 2 is 1.77 bits per heavy atom. The van der Waals surface area contributed by atoms with Crippen LogP contribution in [0.3, 0.4) is 0 Å². The van der Waals surface area contributed by atoms with E-state index in [4.69, 9.17) is 0 Å². The van der Waals surface area contributed by atoms with E-state index >= 15 is 0 Å². The molecule has 0 saturated heterocycles. The Morgan fingerprint density at radius 3 is 2.50 bits per heavy atom. The molecule has 0 atom stereocenters. The largest absolute Gasteiger partial charge is 0.305 e. The van der Waals surface area contributed by atoms with Gasteiger partial charge in [-0.05, 0) is 24.3 Å². The zero-order valence-electron chi connectivity index (χ0n) is 14.0. The normalized spacial score (nSPS) is 11.6. The third-order valence-corrected chi connectivity index (χ3v) is 6.13. The first-order chi connectivity index (χ1) is 12.5. The van der Waals surface area contributed by atoms with Gasteiger partial charge in [-0.2, -0.15) is 0 Å². The molecule has 0 bridgehead atoms. The van der Waals surface area contributed by atoms with Crippen molar-refractivity contribution in [3.63, 3.8) is 0 Å². The molecular weight excluding hydrogens is 375 g/mol. The van der Waals surface area contributed by atoms with E-state index < -0.39 is 10.0 Å². The predicted molar refractivity (Wildman–Crippen MR) is 98.8 cm³/mol. The second kappa shape index (κ2) is 7.98. The Morgan fingerprint density at radius 1 is 1.08 bits per heavy atom. The van der Waals surface area contributed by atoms with E-state index in [0.717, 1.165) is 0 Å². The Kier molecular flexibility index (Phi) is 5.70. The number of aromatic nitrogens is 3. The summed E-state index contributed by atoms with van der Waals surface area (Å²) in [7, 11) is -1.78. The third kappa shape index (κ3) is 4.12. The van der Waals surface area contributed by atoms with Crippen LogP contribution in [-0.2, 0) is 17.1 Å². The Balaban J connectivity index is 1.61. The van der Waals surface area contributed by atoms with Crippen LogP contribution in [-0.4, -0.2) is 35.5 Å². The van der Waals surface area contributed by atoms with Gasteiger partial charge in [-0.3, -0.25) is 0 Å². The van der Waals surface area contributed by atoms with Gasteiger partial charge in [0.1, 0.15) is 5.82 Å². The number of hydrogen-bond acceptors (Lipinski definition) is 5. The number of benzene rings is 2. The molecule has 2 aromatic carbocycles. The Labute approximate surface area is 155 Å². The second-order valence-corrected chi connectivity index (χ2v) is 8.23. The lowest BCUT2D eigenvalue weighted by Gasteiger charge is -2.07. The van der Waals surface area contributed by atoms with Crippen molar-refractivity contribution in [2.45, 2.75) is 10.1 Å².